The van der Waals surface area contributed by atoms with Gasteiger partial charge < -0.3 is 9.64 Å². The minimum absolute atomic E-state index is 0.142. The van der Waals surface area contributed by atoms with Gasteiger partial charge in [-0.3, -0.25) is 4.79 Å². The Morgan fingerprint density at radius 1 is 1.05 bits per heavy atom. The van der Waals surface area contributed by atoms with E-state index < -0.39 is 0 Å². The lowest BCUT2D eigenvalue weighted by molar-refractivity contribution is -0.130. The number of rotatable bonds is 7. The van der Waals surface area contributed by atoms with Crippen LogP contribution in [0.5, 0.6) is 5.75 Å². The first kappa shape index (κ1) is 16.1. The molecule has 0 spiro atoms. The minimum atomic E-state index is 0.142. The molecule has 116 valence electrons. The highest BCUT2D eigenvalue weighted by Gasteiger charge is 2.14. The Bertz CT molecular complexity index is 595. The van der Waals surface area contributed by atoms with E-state index in [1.54, 1.807) is 7.11 Å². The molecule has 0 aliphatic heterocycles. The molecule has 3 heteroatoms. The molecule has 0 unspecified atom stereocenters. The number of likely N-dealkylation sites (N-methyl/N-ethyl adjacent to an activating group) is 1. The lowest BCUT2D eigenvalue weighted by atomic mass is 10.1. The average Bonchev–Trinajstić information content (AvgIpc) is 2.57. The first-order valence-corrected chi connectivity index (χ1v) is 7.68. The highest BCUT2D eigenvalue weighted by molar-refractivity contribution is 5.79. The second-order valence-electron chi connectivity index (χ2n) is 5.20. The Balaban J connectivity index is 1.97. The normalized spacial score (nSPS) is 10.3. The highest BCUT2D eigenvalue weighted by atomic mass is 16.5. The fourth-order valence-corrected chi connectivity index (χ4v) is 2.49. The number of amides is 1. The van der Waals surface area contributed by atoms with Crippen LogP contribution in [0.1, 0.15) is 18.1 Å². The van der Waals surface area contributed by atoms with Crippen molar-refractivity contribution in [3.05, 3.63) is 65.7 Å². The monoisotopic (exact) mass is 297 g/mol. The molecule has 0 aliphatic rings. The lowest BCUT2D eigenvalue weighted by Gasteiger charge is -2.21. The van der Waals surface area contributed by atoms with Crippen LogP contribution in [0, 0.1) is 0 Å². The number of hydrogen-bond donors (Lipinski definition) is 0. The standard InChI is InChI=1S/C19H23NO2/c1-3-20(14-13-16-9-5-4-6-10-16)19(21)15-17-11-7-8-12-18(17)22-2/h4-12H,3,13-15H2,1-2H3. The molecular weight excluding hydrogens is 274 g/mol. The fraction of sp³-hybridized carbons (Fsp3) is 0.316. The summed E-state index contributed by atoms with van der Waals surface area (Å²) < 4.78 is 5.32. The molecule has 2 rings (SSSR count). The van der Waals surface area contributed by atoms with Gasteiger partial charge in [-0.2, -0.15) is 0 Å². The summed E-state index contributed by atoms with van der Waals surface area (Å²) in [5.41, 5.74) is 2.19. The molecule has 0 bridgehead atoms. The topological polar surface area (TPSA) is 29.5 Å². The van der Waals surface area contributed by atoms with Crippen molar-refractivity contribution in [3.8, 4) is 5.75 Å². The SMILES string of the molecule is CCN(CCc1ccccc1)C(=O)Cc1ccccc1OC. The second-order valence-corrected chi connectivity index (χ2v) is 5.20. The van der Waals surface area contributed by atoms with Gasteiger partial charge in [0.05, 0.1) is 13.5 Å². The lowest BCUT2D eigenvalue weighted by Crippen LogP contribution is -2.34. The maximum atomic E-state index is 12.5. The predicted molar refractivity (Wildman–Crippen MR) is 89.1 cm³/mol. The summed E-state index contributed by atoms with van der Waals surface area (Å²) in [7, 11) is 1.64. The van der Waals surface area contributed by atoms with E-state index in [9.17, 15) is 4.79 Å². The van der Waals surface area contributed by atoms with Crippen LogP contribution in [0.3, 0.4) is 0 Å². The van der Waals surface area contributed by atoms with Crippen LogP contribution in [-0.2, 0) is 17.6 Å². The number of ether oxygens (including phenoxy) is 1. The van der Waals surface area contributed by atoms with Crippen LogP contribution in [0.2, 0.25) is 0 Å². The predicted octanol–water partition coefficient (Wildman–Crippen LogP) is 3.33. The summed E-state index contributed by atoms with van der Waals surface area (Å²) in [6, 6.07) is 17.9. The summed E-state index contributed by atoms with van der Waals surface area (Å²) in [6.07, 6.45) is 1.26. The van der Waals surface area contributed by atoms with E-state index in [0.29, 0.717) is 6.42 Å². The van der Waals surface area contributed by atoms with Gasteiger partial charge in [-0.1, -0.05) is 48.5 Å². The van der Waals surface area contributed by atoms with Gasteiger partial charge in [0.1, 0.15) is 5.75 Å². The molecule has 1 amide bonds. The van der Waals surface area contributed by atoms with E-state index in [4.69, 9.17) is 4.74 Å². The molecule has 0 aliphatic carbocycles. The van der Waals surface area contributed by atoms with Crippen molar-refractivity contribution in [2.45, 2.75) is 19.8 Å². The smallest absolute Gasteiger partial charge is 0.227 e. The number of carbonyl (C=O) groups excluding carboxylic acids is 1. The van der Waals surface area contributed by atoms with Crippen LogP contribution in [0.25, 0.3) is 0 Å². The third kappa shape index (κ3) is 4.35. The average molecular weight is 297 g/mol. The Labute approximate surface area is 132 Å². The Hall–Kier alpha value is -2.29. The molecular formula is C19H23NO2. The molecule has 2 aromatic rings. The van der Waals surface area contributed by atoms with Crippen molar-refractivity contribution in [1.29, 1.82) is 0 Å². The molecule has 0 aromatic heterocycles. The Kier molecular flexibility index (Phi) is 6.01. The molecule has 0 radical (unpaired) electrons. The van der Waals surface area contributed by atoms with Crippen molar-refractivity contribution in [2.24, 2.45) is 0 Å². The maximum Gasteiger partial charge on any atom is 0.227 e. The van der Waals surface area contributed by atoms with Crippen LogP contribution in [0.15, 0.2) is 54.6 Å². The van der Waals surface area contributed by atoms with Gasteiger partial charge in [-0.05, 0) is 25.0 Å². The summed E-state index contributed by atoms with van der Waals surface area (Å²) in [5.74, 6) is 0.915. The first-order valence-electron chi connectivity index (χ1n) is 7.68. The fourth-order valence-electron chi connectivity index (χ4n) is 2.49. The van der Waals surface area contributed by atoms with E-state index in [1.807, 2.05) is 54.3 Å². The Morgan fingerprint density at radius 2 is 1.73 bits per heavy atom. The zero-order valence-corrected chi connectivity index (χ0v) is 13.3. The zero-order chi connectivity index (χ0) is 15.8. The van der Waals surface area contributed by atoms with Crippen LogP contribution < -0.4 is 4.74 Å². The second kappa shape index (κ2) is 8.23. The van der Waals surface area contributed by atoms with E-state index >= 15 is 0 Å². The number of carbonyl (C=O) groups is 1. The van der Waals surface area contributed by atoms with E-state index in [2.05, 4.69) is 12.1 Å². The zero-order valence-electron chi connectivity index (χ0n) is 13.3. The molecule has 0 saturated carbocycles. The first-order chi connectivity index (χ1) is 10.7. The molecule has 22 heavy (non-hydrogen) atoms. The van der Waals surface area contributed by atoms with Gasteiger partial charge in [-0.25, -0.2) is 0 Å². The van der Waals surface area contributed by atoms with Crippen molar-refractivity contribution < 1.29 is 9.53 Å². The van der Waals surface area contributed by atoms with E-state index in [-0.39, 0.29) is 5.91 Å². The van der Waals surface area contributed by atoms with Crippen molar-refractivity contribution in [3.63, 3.8) is 0 Å². The molecule has 0 heterocycles. The molecule has 0 N–H and O–H groups in total. The third-order valence-electron chi connectivity index (χ3n) is 3.78. The van der Waals surface area contributed by atoms with Gasteiger partial charge in [0, 0.05) is 18.7 Å². The summed E-state index contributed by atoms with van der Waals surface area (Å²) in [6.45, 7) is 3.49. The number of para-hydroxylation sites is 1. The van der Waals surface area contributed by atoms with Gasteiger partial charge in [0.25, 0.3) is 0 Å². The minimum Gasteiger partial charge on any atom is -0.496 e. The van der Waals surface area contributed by atoms with Gasteiger partial charge >= 0.3 is 0 Å². The van der Waals surface area contributed by atoms with Crippen molar-refractivity contribution in [1.82, 2.24) is 4.90 Å². The number of methoxy groups -OCH3 is 1. The van der Waals surface area contributed by atoms with Crippen LogP contribution >= 0.6 is 0 Å². The van der Waals surface area contributed by atoms with E-state index in [1.165, 1.54) is 5.56 Å². The van der Waals surface area contributed by atoms with Gasteiger partial charge in [0.15, 0.2) is 0 Å². The van der Waals surface area contributed by atoms with Crippen LogP contribution in [-0.4, -0.2) is 31.0 Å². The number of nitrogens with zero attached hydrogens (tertiary/aromatic N) is 1. The molecule has 0 saturated heterocycles. The van der Waals surface area contributed by atoms with Gasteiger partial charge in [0.2, 0.25) is 5.91 Å². The molecule has 3 nitrogen and oxygen atoms in total. The quantitative estimate of drug-likeness (QED) is 0.784. The molecule has 0 fully saturated rings. The van der Waals surface area contributed by atoms with Gasteiger partial charge in [-0.15, -0.1) is 0 Å². The molecule has 0 atom stereocenters. The summed E-state index contributed by atoms with van der Waals surface area (Å²) in [4.78, 5) is 14.4. The van der Waals surface area contributed by atoms with E-state index in [0.717, 1.165) is 30.8 Å². The number of hydrogen-bond acceptors (Lipinski definition) is 2. The van der Waals surface area contributed by atoms with Crippen LogP contribution in [0.4, 0.5) is 0 Å². The largest absolute Gasteiger partial charge is 0.496 e. The summed E-state index contributed by atoms with van der Waals surface area (Å²) in [5, 5.41) is 0. The highest BCUT2D eigenvalue weighted by Crippen LogP contribution is 2.18. The third-order valence-corrected chi connectivity index (χ3v) is 3.78. The number of benzene rings is 2. The maximum absolute atomic E-state index is 12.5. The Morgan fingerprint density at radius 3 is 2.41 bits per heavy atom. The summed E-state index contributed by atoms with van der Waals surface area (Å²) >= 11 is 0. The van der Waals surface area contributed by atoms with Crippen molar-refractivity contribution >= 4 is 5.91 Å². The molecule has 2 aromatic carbocycles. The van der Waals surface area contributed by atoms with Crippen molar-refractivity contribution in [2.75, 3.05) is 20.2 Å².